The Bertz CT molecular complexity index is 830. The van der Waals surface area contributed by atoms with Crippen LogP contribution in [0.25, 0.3) is 0 Å². The van der Waals surface area contributed by atoms with Gasteiger partial charge in [0.1, 0.15) is 16.7 Å². The number of hydrogen-bond acceptors (Lipinski definition) is 6. The summed E-state index contributed by atoms with van der Waals surface area (Å²) < 4.78 is 37.5. The van der Waals surface area contributed by atoms with Gasteiger partial charge in [-0.15, -0.1) is 0 Å². The topological polar surface area (TPSA) is 122 Å². The van der Waals surface area contributed by atoms with E-state index in [1.807, 2.05) is 0 Å². The van der Waals surface area contributed by atoms with E-state index in [4.69, 9.17) is 9.47 Å². The maximum atomic E-state index is 13.0. The maximum absolute atomic E-state index is 13.0. The van der Waals surface area contributed by atoms with Crippen LogP contribution in [0.15, 0.2) is 23.1 Å². The Labute approximate surface area is 157 Å². The van der Waals surface area contributed by atoms with Gasteiger partial charge in [-0.25, -0.2) is 13.2 Å². The van der Waals surface area contributed by atoms with Crippen molar-refractivity contribution in [2.75, 3.05) is 33.4 Å². The molecule has 0 aromatic heterocycles. The first-order chi connectivity index (χ1) is 12.8. The number of sulfonamides is 1. The summed E-state index contributed by atoms with van der Waals surface area (Å²) in [5.41, 5.74) is 0.0644. The first-order valence-corrected chi connectivity index (χ1v) is 10.1. The van der Waals surface area contributed by atoms with Crippen LogP contribution < -0.4 is 10.1 Å². The van der Waals surface area contributed by atoms with Gasteiger partial charge in [0.25, 0.3) is 5.91 Å². The molecule has 148 valence electrons. The van der Waals surface area contributed by atoms with Gasteiger partial charge >= 0.3 is 5.97 Å². The molecule has 0 bridgehead atoms. The molecular formula is C17H22N2O7S. The minimum Gasteiger partial charge on any atom is -0.495 e. The first kappa shape index (κ1) is 19.6. The number of carbonyl (C=O) groups is 2. The molecule has 10 heteroatoms. The number of carboxylic acid groups (broad SMARTS) is 1. The van der Waals surface area contributed by atoms with E-state index in [0.717, 1.165) is 12.8 Å². The van der Waals surface area contributed by atoms with Crippen LogP contribution in [0.4, 0.5) is 0 Å². The van der Waals surface area contributed by atoms with Gasteiger partial charge in [0.15, 0.2) is 0 Å². The van der Waals surface area contributed by atoms with E-state index in [0.29, 0.717) is 13.2 Å². The lowest BCUT2D eigenvalue weighted by Crippen LogP contribution is -2.42. The minimum atomic E-state index is -3.88. The van der Waals surface area contributed by atoms with Gasteiger partial charge in [-0.1, -0.05) is 0 Å². The van der Waals surface area contributed by atoms with E-state index in [9.17, 15) is 23.1 Å². The van der Waals surface area contributed by atoms with Crippen molar-refractivity contribution in [3.63, 3.8) is 0 Å². The largest absolute Gasteiger partial charge is 0.495 e. The lowest BCUT2D eigenvalue weighted by Gasteiger charge is -2.26. The van der Waals surface area contributed by atoms with Crippen LogP contribution in [0.2, 0.25) is 0 Å². The van der Waals surface area contributed by atoms with Crippen molar-refractivity contribution >= 4 is 21.9 Å². The van der Waals surface area contributed by atoms with E-state index in [1.165, 1.54) is 29.6 Å². The molecule has 1 unspecified atom stereocenters. The highest BCUT2D eigenvalue weighted by Crippen LogP contribution is 2.33. The Morgan fingerprint density at radius 1 is 1.30 bits per heavy atom. The minimum absolute atomic E-state index is 0.0644. The number of hydrogen-bond donors (Lipinski definition) is 2. The van der Waals surface area contributed by atoms with Crippen molar-refractivity contribution in [1.82, 2.24) is 9.62 Å². The van der Waals surface area contributed by atoms with Crippen molar-refractivity contribution in [3.8, 4) is 5.75 Å². The third-order valence-electron chi connectivity index (χ3n) is 4.66. The highest BCUT2D eigenvalue weighted by Gasteiger charge is 2.37. The van der Waals surface area contributed by atoms with Crippen molar-refractivity contribution in [3.05, 3.63) is 23.8 Å². The standard InChI is InChI=1S/C17H22N2O7S/c1-25-13-5-4-12(16(20)18-15(17(21)22)11-2-3-11)10-14(13)27(23,24)19-6-8-26-9-7-19/h4-5,10-11,15H,2-3,6-9H2,1H3,(H,18,20)(H,21,22). The molecule has 27 heavy (non-hydrogen) atoms. The molecule has 1 aliphatic heterocycles. The SMILES string of the molecule is COc1ccc(C(=O)NC(C(=O)O)C2CC2)cc1S(=O)(=O)N1CCOCC1. The van der Waals surface area contributed by atoms with E-state index >= 15 is 0 Å². The Kier molecular flexibility index (Phi) is 5.68. The van der Waals surface area contributed by atoms with Crippen molar-refractivity contribution in [1.29, 1.82) is 0 Å². The van der Waals surface area contributed by atoms with Gasteiger partial charge in [-0.2, -0.15) is 4.31 Å². The van der Waals surface area contributed by atoms with E-state index < -0.39 is 27.9 Å². The molecule has 1 saturated carbocycles. The molecule has 1 aromatic carbocycles. The van der Waals surface area contributed by atoms with Crippen LogP contribution in [0.1, 0.15) is 23.2 Å². The normalized spacial score (nSPS) is 19.3. The number of ether oxygens (including phenoxy) is 2. The van der Waals surface area contributed by atoms with Gasteiger partial charge in [0, 0.05) is 18.7 Å². The second kappa shape index (κ2) is 7.83. The van der Waals surface area contributed by atoms with Crippen LogP contribution in [0, 0.1) is 5.92 Å². The number of nitrogens with zero attached hydrogens (tertiary/aromatic N) is 1. The summed E-state index contributed by atoms with van der Waals surface area (Å²) >= 11 is 0. The molecule has 2 aliphatic rings. The monoisotopic (exact) mass is 398 g/mol. The molecule has 1 aromatic rings. The Morgan fingerprint density at radius 2 is 1.96 bits per heavy atom. The summed E-state index contributed by atoms with van der Waals surface area (Å²) in [7, 11) is -2.53. The lowest BCUT2D eigenvalue weighted by molar-refractivity contribution is -0.139. The van der Waals surface area contributed by atoms with Crippen LogP contribution >= 0.6 is 0 Å². The smallest absolute Gasteiger partial charge is 0.326 e. The highest BCUT2D eigenvalue weighted by atomic mass is 32.2. The zero-order chi connectivity index (χ0) is 19.6. The average molecular weight is 398 g/mol. The molecule has 1 saturated heterocycles. The summed E-state index contributed by atoms with van der Waals surface area (Å²) in [4.78, 5) is 23.7. The van der Waals surface area contributed by atoms with E-state index in [1.54, 1.807) is 0 Å². The number of carbonyl (C=O) groups excluding carboxylic acids is 1. The number of rotatable bonds is 7. The van der Waals surface area contributed by atoms with E-state index in [2.05, 4.69) is 5.32 Å². The summed E-state index contributed by atoms with van der Waals surface area (Å²) in [6.07, 6.45) is 1.49. The van der Waals surface area contributed by atoms with Gasteiger partial charge in [0.2, 0.25) is 10.0 Å². The number of nitrogens with one attached hydrogen (secondary N) is 1. The maximum Gasteiger partial charge on any atom is 0.326 e. The number of aliphatic carboxylic acids is 1. The van der Waals surface area contributed by atoms with Crippen LogP contribution in [0.5, 0.6) is 5.75 Å². The zero-order valence-corrected chi connectivity index (χ0v) is 15.7. The van der Waals surface area contributed by atoms with Gasteiger partial charge < -0.3 is 19.9 Å². The molecule has 0 spiro atoms. The van der Waals surface area contributed by atoms with Crippen molar-refractivity contribution < 1.29 is 32.6 Å². The number of morpholine rings is 1. The Balaban J connectivity index is 1.88. The Hall–Kier alpha value is -2.17. The summed E-state index contributed by atoms with van der Waals surface area (Å²) in [5.74, 6) is -1.69. The van der Waals surface area contributed by atoms with Gasteiger partial charge in [-0.05, 0) is 37.0 Å². The summed E-state index contributed by atoms with van der Waals surface area (Å²) in [6.45, 7) is 1.02. The quantitative estimate of drug-likeness (QED) is 0.678. The predicted molar refractivity (Wildman–Crippen MR) is 94.2 cm³/mol. The zero-order valence-electron chi connectivity index (χ0n) is 14.9. The molecule has 0 radical (unpaired) electrons. The average Bonchev–Trinajstić information content (AvgIpc) is 3.50. The second-order valence-corrected chi connectivity index (χ2v) is 8.42. The molecule has 1 amide bonds. The molecule has 1 heterocycles. The predicted octanol–water partition coefficient (Wildman–Crippen LogP) is 0.309. The summed E-state index contributed by atoms with van der Waals surface area (Å²) in [6, 6.07) is 3.07. The van der Waals surface area contributed by atoms with Crippen molar-refractivity contribution in [2.45, 2.75) is 23.8 Å². The molecular weight excluding hydrogens is 376 g/mol. The molecule has 1 aliphatic carbocycles. The molecule has 2 fully saturated rings. The van der Waals surface area contributed by atoms with Crippen LogP contribution in [-0.4, -0.2) is 69.2 Å². The molecule has 1 atom stereocenters. The fourth-order valence-electron chi connectivity index (χ4n) is 2.98. The first-order valence-electron chi connectivity index (χ1n) is 8.64. The second-order valence-electron chi connectivity index (χ2n) is 6.51. The van der Waals surface area contributed by atoms with Crippen LogP contribution in [-0.2, 0) is 19.6 Å². The number of amides is 1. The lowest BCUT2D eigenvalue weighted by atomic mass is 10.1. The van der Waals surface area contributed by atoms with Crippen LogP contribution in [0.3, 0.4) is 0 Å². The number of carboxylic acids is 1. The fourth-order valence-corrected chi connectivity index (χ4v) is 4.57. The third-order valence-corrected chi connectivity index (χ3v) is 6.58. The van der Waals surface area contributed by atoms with Crippen molar-refractivity contribution in [2.24, 2.45) is 5.92 Å². The molecule has 9 nitrogen and oxygen atoms in total. The number of methoxy groups -OCH3 is 1. The highest BCUT2D eigenvalue weighted by molar-refractivity contribution is 7.89. The van der Waals surface area contributed by atoms with E-state index in [-0.39, 0.29) is 35.2 Å². The summed E-state index contributed by atoms with van der Waals surface area (Å²) in [5, 5.41) is 11.7. The van der Waals surface area contributed by atoms with Gasteiger partial charge in [0.05, 0.1) is 20.3 Å². The Morgan fingerprint density at radius 3 is 2.52 bits per heavy atom. The fraction of sp³-hybridized carbons (Fsp3) is 0.529. The molecule has 2 N–H and O–H groups in total. The number of benzene rings is 1. The third kappa shape index (κ3) is 4.23. The molecule has 3 rings (SSSR count). The van der Waals surface area contributed by atoms with Gasteiger partial charge in [-0.3, -0.25) is 4.79 Å².